The van der Waals surface area contributed by atoms with Crippen LogP contribution in [0.25, 0.3) is 0 Å². The molecule has 0 bridgehead atoms. The number of unbranched alkanes of at least 4 members (excludes halogenated alkanes) is 44. The zero-order valence-corrected chi connectivity index (χ0v) is 47.7. The van der Waals surface area contributed by atoms with E-state index in [1.807, 2.05) is 6.08 Å². The van der Waals surface area contributed by atoms with Crippen LogP contribution in [0.4, 0.5) is 0 Å². The fraction of sp³-hybridized carbons (Fsp3) is 0.877. The van der Waals surface area contributed by atoms with Gasteiger partial charge in [0.1, 0.15) is 0 Å². The van der Waals surface area contributed by atoms with Crippen molar-refractivity contribution in [3.8, 4) is 0 Å². The van der Waals surface area contributed by atoms with E-state index in [1.165, 1.54) is 257 Å². The molecule has 71 heavy (non-hydrogen) atoms. The zero-order chi connectivity index (χ0) is 51.4. The summed E-state index contributed by atoms with van der Waals surface area (Å²) in [6.07, 6.45) is 76.1. The average Bonchev–Trinajstić information content (AvgIpc) is 3.37. The normalized spacial score (nSPS) is 12.8. The lowest BCUT2D eigenvalue weighted by molar-refractivity contribution is -0.143. The molecule has 1 amide bonds. The zero-order valence-electron chi connectivity index (χ0n) is 47.7. The molecular formula is C65H123NO5. The van der Waals surface area contributed by atoms with Crippen LogP contribution in [0.2, 0.25) is 0 Å². The molecule has 0 aromatic carbocycles. The maximum atomic E-state index is 12.5. The molecule has 0 spiro atoms. The summed E-state index contributed by atoms with van der Waals surface area (Å²) in [6, 6.07) is -0.639. The van der Waals surface area contributed by atoms with Crippen molar-refractivity contribution < 1.29 is 24.5 Å². The Bertz CT molecular complexity index is 1150. The molecule has 0 aliphatic rings. The maximum absolute atomic E-state index is 12.5. The van der Waals surface area contributed by atoms with Crippen molar-refractivity contribution >= 4 is 11.9 Å². The van der Waals surface area contributed by atoms with Gasteiger partial charge in [0.05, 0.1) is 25.4 Å². The molecule has 0 aliphatic heterocycles. The Morgan fingerprint density at radius 2 is 0.662 bits per heavy atom. The van der Waals surface area contributed by atoms with Gasteiger partial charge in [-0.1, -0.05) is 281 Å². The van der Waals surface area contributed by atoms with Gasteiger partial charge in [-0.05, 0) is 83.5 Å². The third-order valence-electron chi connectivity index (χ3n) is 14.6. The standard InChI is InChI=1S/C65H123NO5/c1-3-5-7-9-11-13-15-17-19-21-25-29-33-37-41-45-49-53-57-63(68)62(61-67)66-64(69)58-54-50-46-42-38-34-30-26-23-24-28-32-36-40-44-48-52-56-60-71-65(70)59-55-51-47-43-39-35-31-27-22-20-18-16-14-12-10-8-6-4-2/h20,22,26,30,53,57,62-63,67-68H,3-19,21,23-25,27-29,31-52,54-56,58-61H2,1-2H3,(H,66,69)/b22-20-,30-26-,57-53+. The number of aliphatic hydroxyl groups is 2. The Balaban J connectivity index is 3.46. The summed E-state index contributed by atoms with van der Waals surface area (Å²) in [7, 11) is 0. The van der Waals surface area contributed by atoms with Crippen LogP contribution in [0.1, 0.15) is 341 Å². The molecule has 3 N–H and O–H groups in total. The SMILES string of the molecule is CCCCCCCCC/C=C\CCCCCCCCCC(=O)OCCCCCCCCCCC/C=C\CCCCCCCC(=O)NC(CO)C(O)/C=C/CCCCCCCCCCCCCCCCCC. The number of allylic oxidation sites excluding steroid dienone is 5. The first-order chi connectivity index (χ1) is 35.0. The predicted molar refractivity (Wildman–Crippen MR) is 310 cm³/mol. The van der Waals surface area contributed by atoms with E-state index in [4.69, 9.17) is 4.74 Å². The summed E-state index contributed by atoms with van der Waals surface area (Å²) in [4.78, 5) is 24.6. The van der Waals surface area contributed by atoms with Gasteiger partial charge in [0.25, 0.3) is 0 Å². The summed E-state index contributed by atoms with van der Waals surface area (Å²) in [5, 5.41) is 23.2. The second kappa shape index (κ2) is 60.6. The maximum Gasteiger partial charge on any atom is 0.305 e. The van der Waals surface area contributed by atoms with Crippen LogP contribution in [-0.2, 0) is 14.3 Å². The predicted octanol–water partition coefficient (Wildman–Crippen LogP) is 20.0. The van der Waals surface area contributed by atoms with E-state index in [9.17, 15) is 19.8 Å². The van der Waals surface area contributed by atoms with E-state index in [0.29, 0.717) is 19.4 Å². The molecule has 0 saturated carbocycles. The van der Waals surface area contributed by atoms with Crippen LogP contribution in [0.15, 0.2) is 36.5 Å². The third kappa shape index (κ3) is 57.2. The van der Waals surface area contributed by atoms with Crippen LogP contribution >= 0.6 is 0 Å². The van der Waals surface area contributed by atoms with Gasteiger partial charge in [0.15, 0.2) is 0 Å². The van der Waals surface area contributed by atoms with Crippen LogP contribution in [0, 0.1) is 0 Å². The van der Waals surface area contributed by atoms with Crippen molar-refractivity contribution in [1.82, 2.24) is 5.32 Å². The molecule has 6 heteroatoms. The van der Waals surface area contributed by atoms with Gasteiger partial charge in [-0.3, -0.25) is 9.59 Å². The molecule has 2 unspecified atom stereocenters. The fourth-order valence-corrected chi connectivity index (χ4v) is 9.74. The van der Waals surface area contributed by atoms with Crippen molar-refractivity contribution in [2.75, 3.05) is 13.2 Å². The molecule has 0 fully saturated rings. The molecule has 0 aliphatic carbocycles. The number of carbonyl (C=O) groups is 2. The first kappa shape index (κ1) is 69.1. The Morgan fingerprint density at radius 3 is 1.00 bits per heavy atom. The third-order valence-corrected chi connectivity index (χ3v) is 14.6. The number of ether oxygens (including phenoxy) is 1. The van der Waals surface area contributed by atoms with Crippen molar-refractivity contribution in [1.29, 1.82) is 0 Å². The van der Waals surface area contributed by atoms with E-state index < -0.39 is 12.1 Å². The number of carbonyl (C=O) groups excluding carboxylic acids is 2. The fourth-order valence-electron chi connectivity index (χ4n) is 9.74. The highest BCUT2D eigenvalue weighted by Gasteiger charge is 2.18. The number of rotatable bonds is 59. The molecular weight excluding hydrogens is 875 g/mol. The first-order valence-corrected chi connectivity index (χ1v) is 31.8. The number of hydrogen-bond acceptors (Lipinski definition) is 5. The molecule has 0 radical (unpaired) electrons. The minimum absolute atomic E-state index is 0.000534. The minimum atomic E-state index is -0.854. The van der Waals surface area contributed by atoms with Crippen molar-refractivity contribution in [3.63, 3.8) is 0 Å². The summed E-state index contributed by atoms with van der Waals surface area (Å²) >= 11 is 0. The number of aliphatic hydroxyl groups excluding tert-OH is 2. The number of esters is 1. The summed E-state index contributed by atoms with van der Waals surface area (Å²) in [5.74, 6) is -0.0810. The molecule has 0 aromatic rings. The molecule has 0 rings (SSSR count). The molecule has 0 saturated heterocycles. The number of nitrogens with one attached hydrogen (secondary N) is 1. The second-order valence-electron chi connectivity index (χ2n) is 21.7. The Morgan fingerprint density at radius 1 is 0.380 bits per heavy atom. The molecule has 2 atom stereocenters. The summed E-state index contributed by atoms with van der Waals surface area (Å²) in [6.45, 7) is 4.90. The van der Waals surface area contributed by atoms with E-state index in [0.717, 1.165) is 57.8 Å². The van der Waals surface area contributed by atoms with E-state index in [1.54, 1.807) is 6.08 Å². The molecule has 0 aromatic heterocycles. The lowest BCUT2D eigenvalue weighted by atomic mass is 10.0. The highest BCUT2D eigenvalue weighted by atomic mass is 16.5. The molecule has 6 nitrogen and oxygen atoms in total. The first-order valence-electron chi connectivity index (χ1n) is 31.8. The van der Waals surface area contributed by atoms with Gasteiger partial charge in [-0.15, -0.1) is 0 Å². The largest absolute Gasteiger partial charge is 0.466 e. The Labute approximate surface area is 443 Å². The number of amides is 1. The highest BCUT2D eigenvalue weighted by molar-refractivity contribution is 5.76. The van der Waals surface area contributed by atoms with Gasteiger partial charge in [-0.2, -0.15) is 0 Å². The highest BCUT2D eigenvalue weighted by Crippen LogP contribution is 2.17. The smallest absolute Gasteiger partial charge is 0.305 e. The Kier molecular flexibility index (Phi) is 59.0. The van der Waals surface area contributed by atoms with Crippen LogP contribution in [0.5, 0.6) is 0 Å². The van der Waals surface area contributed by atoms with Crippen LogP contribution in [-0.4, -0.2) is 47.4 Å². The van der Waals surface area contributed by atoms with Gasteiger partial charge in [0.2, 0.25) is 5.91 Å². The van der Waals surface area contributed by atoms with Crippen LogP contribution < -0.4 is 5.32 Å². The van der Waals surface area contributed by atoms with E-state index >= 15 is 0 Å². The van der Waals surface area contributed by atoms with Crippen molar-refractivity contribution in [2.24, 2.45) is 0 Å². The average molecular weight is 999 g/mol. The minimum Gasteiger partial charge on any atom is -0.466 e. The monoisotopic (exact) mass is 998 g/mol. The number of hydrogen-bond donors (Lipinski definition) is 3. The van der Waals surface area contributed by atoms with Gasteiger partial charge < -0.3 is 20.3 Å². The Hall–Kier alpha value is -1.92. The van der Waals surface area contributed by atoms with E-state index in [2.05, 4.69) is 43.5 Å². The van der Waals surface area contributed by atoms with Crippen molar-refractivity contribution in [3.05, 3.63) is 36.5 Å². The van der Waals surface area contributed by atoms with Gasteiger partial charge >= 0.3 is 5.97 Å². The van der Waals surface area contributed by atoms with Gasteiger partial charge in [0, 0.05) is 12.8 Å². The topological polar surface area (TPSA) is 95.9 Å². The summed E-state index contributed by atoms with van der Waals surface area (Å²) in [5.41, 5.74) is 0. The van der Waals surface area contributed by atoms with E-state index in [-0.39, 0.29) is 18.5 Å². The lowest BCUT2D eigenvalue weighted by Gasteiger charge is -2.20. The summed E-state index contributed by atoms with van der Waals surface area (Å²) < 4.78 is 5.49. The van der Waals surface area contributed by atoms with Crippen LogP contribution in [0.3, 0.4) is 0 Å². The van der Waals surface area contributed by atoms with Crippen molar-refractivity contribution in [2.45, 2.75) is 353 Å². The second-order valence-corrected chi connectivity index (χ2v) is 21.7. The quantitative estimate of drug-likeness (QED) is 0.0321. The van der Waals surface area contributed by atoms with Gasteiger partial charge in [-0.25, -0.2) is 0 Å². The molecule has 0 heterocycles. The lowest BCUT2D eigenvalue weighted by Crippen LogP contribution is -2.45. The molecule has 418 valence electrons.